The number of anilines is 2. The molecule has 0 saturated carbocycles. The van der Waals surface area contributed by atoms with Crippen molar-refractivity contribution in [2.24, 2.45) is 11.7 Å². The molecule has 0 atom stereocenters. The third-order valence-electron chi connectivity index (χ3n) is 5.31. The summed E-state index contributed by atoms with van der Waals surface area (Å²) in [5.74, 6) is 0.858. The van der Waals surface area contributed by atoms with E-state index in [2.05, 4.69) is 10.2 Å². The van der Waals surface area contributed by atoms with E-state index in [0.717, 1.165) is 42.8 Å². The quantitative estimate of drug-likeness (QED) is 0.658. The van der Waals surface area contributed by atoms with Crippen molar-refractivity contribution in [2.45, 2.75) is 12.8 Å². The summed E-state index contributed by atoms with van der Waals surface area (Å²) >= 11 is 0. The summed E-state index contributed by atoms with van der Waals surface area (Å²) < 4.78 is 5.79. The fraction of sp³-hybridized carbons (Fsp3) is 0.261. The van der Waals surface area contributed by atoms with Crippen LogP contribution in [0, 0.1) is 5.92 Å². The van der Waals surface area contributed by atoms with Crippen molar-refractivity contribution in [3.63, 3.8) is 0 Å². The van der Waals surface area contributed by atoms with Gasteiger partial charge in [0.1, 0.15) is 17.1 Å². The molecule has 0 radical (unpaired) electrons. The molecule has 7 heteroatoms. The van der Waals surface area contributed by atoms with Gasteiger partial charge in [0, 0.05) is 30.1 Å². The lowest BCUT2D eigenvalue weighted by molar-refractivity contribution is -0.122. The molecule has 154 valence electrons. The number of pyridine rings is 1. The Balaban J connectivity index is 1.46. The Bertz CT molecular complexity index is 1050. The molecule has 2 aromatic carbocycles. The highest BCUT2D eigenvalue weighted by Gasteiger charge is 2.24. The van der Waals surface area contributed by atoms with Crippen LogP contribution in [0.3, 0.4) is 0 Å². The number of piperidine rings is 1. The van der Waals surface area contributed by atoms with Crippen LogP contribution in [0.2, 0.25) is 0 Å². The molecule has 2 amide bonds. The first kappa shape index (κ1) is 19.7. The molecule has 1 aliphatic heterocycles. The summed E-state index contributed by atoms with van der Waals surface area (Å²) in [5, 5.41) is 3.74. The van der Waals surface area contributed by atoms with Gasteiger partial charge in [-0.25, -0.2) is 4.98 Å². The number of aromatic nitrogens is 1. The number of carbonyl (C=O) groups is 2. The van der Waals surface area contributed by atoms with E-state index in [0.29, 0.717) is 11.3 Å². The molecule has 0 unspecified atom stereocenters. The minimum atomic E-state index is -0.233. The van der Waals surface area contributed by atoms with Crippen LogP contribution in [0.1, 0.15) is 12.8 Å². The van der Waals surface area contributed by atoms with Crippen molar-refractivity contribution in [3.8, 4) is 5.75 Å². The maximum Gasteiger partial charge on any atom is 0.262 e. The van der Waals surface area contributed by atoms with E-state index in [9.17, 15) is 9.59 Å². The Hall–Kier alpha value is -3.61. The minimum Gasteiger partial charge on any atom is -0.481 e. The van der Waals surface area contributed by atoms with E-state index in [1.807, 2.05) is 60.7 Å². The van der Waals surface area contributed by atoms with E-state index < -0.39 is 0 Å². The molecule has 1 saturated heterocycles. The monoisotopic (exact) mass is 404 g/mol. The molecule has 30 heavy (non-hydrogen) atoms. The van der Waals surface area contributed by atoms with Gasteiger partial charge in [-0.15, -0.1) is 0 Å². The first-order valence-electron chi connectivity index (χ1n) is 10.0. The van der Waals surface area contributed by atoms with Crippen molar-refractivity contribution in [1.29, 1.82) is 0 Å². The Morgan fingerprint density at radius 3 is 2.53 bits per heavy atom. The SMILES string of the molecule is NC(=O)C1CCN(c2ccc3cccc(OCC(=O)Nc4ccccc4)c3n2)CC1. The van der Waals surface area contributed by atoms with E-state index in [1.54, 1.807) is 0 Å². The van der Waals surface area contributed by atoms with E-state index in [-0.39, 0.29) is 24.3 Å². The Kier molecular flexibility index (Phi) is 5.79. The largest absolute Gasteiger partial charge is 0.481 e. The second-order valence-electron chi connectivity index (χ2n) is 7.36. The van der Waals surface area contributed by atoms with Crippen molar-refractivity contribution in [3.05, 3.63) is 60.7 Å². The summed E-state index contributed by atoms with van der Waals surface area (Å²) in [6.07, 6.45) is 1.46. The number of amides is 2. The first-order valence-corrected chi connectivity index (χ1v) is 10.0. The fourth-order valence-corrected chi connectivity index (χ4v) is 3.66. The van der Waals surface area contributed by atoms with Gasteiger partial charge < -0.3 is 20.7 Å². The topological polar surface area (TPSA) is 97.5 Å². The molecule has 3 N–H and O–H groups in total. The second-order valence-corrected chi connectivity index (χ2v) is 7.36. The number of ether oxygens (including phenoxy) is 1. The molecule has 2 heterocycles. The molecule has 1 aromatic heterocycles. The van der Waals surface area contributed by atoms with Gasteiger partial charge >= 0.3 is 0 Å². The Labute approximate surface area is 174 Å². The standard InChI is InChI=1S/C23H24N4O3/c24-23(29)17-11-13-27(14-12-17)20-10-9-16-5-4-8-19(22(16)26-20)30-15-21(28)25-18-6-2-1-3-7-18/h1-10,17H,11-15H2,(H2,24,29)(H,25,28). The summed E-state index contributed by atoms with van der Waals surface area (Å²) in [4.78, 5) is 30.6. The van der Waals surface area contributed by atoms with Gasteiger partial charge in [-0.2, -0.15) is 0 Å². The van der Waals surface area contributed by atoms with Crippen molar-refractivity contribution < 1.29 is 14.3 Å². The number of rotatable bonds is 6. The van der Waals surface area contributed by atoms with Gasteiger partial charge in [0.25, 0.3) is 5.91 Å². The maximum absolute atomic E-state index is 12.2. The highest BCUT2D eigenvalue weighted by Crippen LogP contribution is 2.28. The van der Waals surface area contributed by atoms with Crippen LogP contribution in [0.25, 0.3) is 10.9 Å². The zero-order chi connectivity index (χ0) is 20.9. The van der Waals surface area contributed by atoms with Gasteiger partial charge in [-0.3, -0.25) is 9.59 Å². The zero-order valence-corrected chi connectivity index (χ0v) is 16.6. The van der Waals surface area contributed by atoms with Crippen LogP contribution < -0.4 is 20.7 Å². The third-order valence-corrected chi connectivity index (χ3v) is 5.31. The predicted octanol–water partition coefficient (Wildman–Crippen LogP) is 2.95. The number of hydrogen-bond acceptors (Lipinski definition) is 5. The molecule has 1 aliphatic rings. The van der Waals surface area contributed by atoms with Crippen LogP contribution in [0.4, 0.5) is 11.5 Å². The minimum absolute atomic E-state index is 0.0660. The third kappa shape index (κ3) is 4.51. The Morgan fingerprint density at radius 2 is 1.80 bits per heavy atom. The summed E-state index contributed by atoms with van der Waals surface area (Å²) in [5.41, 5.74) is 6.86. The van der Waals surface area contributed by atoms with Crippen LogP contribution in [-0.4, -0.2) is 36.5 Å². The molecule has 4 rings (SSSR count). The number of para-hydroxylation sites is 2. The summed E-state index contributed by atoms with van der Waals surface area (Å²) in [6, 6.07) is 18.9. The molecule has 0 spiro atoms. The van der Waals surface area contributed by atoms with Gasteiger partial charge in [0.05, 0.1) is 0 Å². The number of nitrogens with zero attached hydrogens (tertiary/aromatic N) is 2. The van der Waals surface area contributed by atoms with Crippen LogP contribution in [0.5, 0.6) is 5.75 Å². The number of hydrogen-bond donors (Lipinski definition) is 2. The van der Waals surface area contributed by atoms with E-state index in [4.69, 9.17) is 15.5 Å². The average molecular weight is 404 g/mol. The molecular formula is C23H24N4O3. The van der Waals surface area contributed by atoms with Crippen molar-refractivity contribution in [1.82, 2.24) is 4.98 Å². The molecule has 0 bridgehead atoms. The summed E-state index contributed by atoms with van der Waals surface area (Å²) in [6.45, 7) is 1.35. The average Bonchev–Trinajstić information content (AvgIpc) is 2.78. The second kappa shape index (κ2) is 8.82. The highest BCUT2D eigenvalue weighted by atomic mass is 16.5. The van der Waals surface area contributed by atoms with Crippen LogP contribution in [-0.2, 0) is 9.59 Å². The molecule has 7 nitrogen and oxygen atoms in total. The lowest BCUT2D eigenvalue weighted by Crippen LogP contribution is -2.38. The molecule has 1 fully saturated rings. The molecular weight excluding hydrogens is 380 g/mol. The lowest BCUT2D eigenvalue weighted by Gasteiger charge is -2.31. The maximum atomic E-state index is 12.2. The van der Waals surface area contributed by atoms with Gasteiger partial charge in [-0.1, -0.05) is 30.3 Å². The number of carbonyl (C=O) groups excluding carboxylic acids is 2. The first-order chi connectivity index (χ1) is 14.6. The Morgan fingerprint density at radius 1 is 1.03 bits per heavy atom. The van der Waals surface area contributed by atoms with Crippen LogP contribution >= 0.6 is 0 Å². The number of nitrogens with one attached hydrogen (secondary N) is 1. The van der Waals surface area contributed by atoms with Gasteiger partial charge in [-0.05, 0) is 43.2 Å². The number of fused-ring (bicyclic) bond motifs is 1. The zero-order valence-electron chi connectivity index (χ0n) is 16.6. The van der Waals surface area contributed by atoms with E-state index in [1.165, 1.54) is 0 Å². The van der Waals surface area contributed by atoms with Crippen molar-refractivity contribution in [2.75, 3.05) is 29.9 Å². The van der Waals surface area contributed by atoms with Crippen molar-refractivity contribution >= 4 is 34.2 Å². The lowest BCUT2D eigenvalue weighted by atomic mass is 9.96. The number of nitrogens with two attached hydrogens (primary N) is 1. The molecule has 0 aliphatic carbocycles. The highest BCUT2D eigenvalue weighted by molar-refractivity contribution is 5.92. The number of benzene rings is 2. The fourth-order valence-electron chi connectivity index (χ4n) is 3.66. The number of primary amides is 1. The van der Waals surface area contributed by atoms with Crippen LogP contribution in [0.15, 0.2) is 60.7 Å². The van der Waals surface area contributed by atoms with Gasteiger partial charge in [0.15, 0.2) is 6.61 Å². The summed E-state index contributed by atoms with van der Waals surface area (Å²) in [7, 11) is 0. The van der Waals surface area contributed by atoms with E-state index >= 15 is 0 Å². The normalized spacial score (nSPS) is 14.5. The predicted molar refractivity (Wildman–Crippen MR) is 116 cm³/mol. The molecule has 3 aromatic rings. The van der Waals surface area contributed by atoms with Gasteiger partial charge in [0.2, 0.25) is 5.91 Å². The smallest absolute Gasteiger partial charge is 0.262 e.